The van der Waals surface area contributed by atoms with E-state index in [0.717, 1.165) is 5.56 Å². The summed E-state index contributed by atoms with van der Waals surface area (Å²) in [7, 11) is 1.84. The first-order valence-electron chi connectivity index (χ1n) is 6.87. The number of rotatable bonds is 5. The second kappa shape index (κ2) is 6.39. The molecule has 0 aliphatic heterocycles. The van der Waals surface area contributed by atoms with Gasteiger partial charge in [-0.05, 0) is 12.0 Å². The normalized spacial score (nSPS) is 10.9. The van der Waals surface area contributed by atoms with Gasteiger partial charge in [-0.25, -0.2) is 0 Å². The number of nitrogens with zero attached hydrogens (tertiary/aromatic N) is 4. The molecule has 2 heterocycles. The van der Waals surface area contributed by atoms with E-state index in [-0.39, 0.29) is 17.2 Å². The maximum Gasteiger partial charge on any atom is 0.258 e. The fraction of sp³-hybridized carbons (Fsp3) is 0.400. The number of aromatic hydroxyl groups is 1. The fourth-order valence-electron chi connectivity index (χ4n) is 2.17. The summed E-state index contributed by atoms with van der Waals surface area (Å²) in [5.74, 6) is 0.0319. The van der Waals surface area contributed by atoms with Gasteiger partial charge < -0.3 is 10.0 Å². The van der Waals surface area contributed by atoms with Gasteiger partial charge in [0.2, 0.25) is 0 Å². The van der Waals surface area contributed by atoms with Crippen LogP contribution in [0, 0.1) is 5.92 Å². The van der Waals surface area contributed by atoms with Gasteiger partial charge >= 0.3 is 0 Å². The molecule has 2 rings (SSSR count). The van der Waals surface area contributed by atoms with Crippen LogP contribution in [0.2, 0.25) is 0 Å². The third kappa shape index (κ3) is 3.81. The summed E-state index contributed by atoms with van der Waals surface area (Å²) in [6.07, 6.45) is 6.41. The Morgan fingerprint density at radius 1 is 1.43 bits per heavy atom. The molecule has 0 aromatic carbocycles. The minimum Gasteiger partial charge on any atom is -0.505 e. The van der Waals surface area contributed by atoms with Crippen molar-refractivity contribution in [3.05, 3.63) is 42.0 Å². The Balaban J connectivity index is 2.23. The van der Waals surface area contributed by atoms with Gasteiger partial charge in [0, 0.05) is 38.1 Å². The van der Waals surface area contributed by atoms with Gasteiger partial charge in [-0.1, -0.05) is 13.8 Å². The smallest absolute Gasteiger partial charge is 0.258 e. The molecule has 0 aliphatic carbocycles. The maximum atomic E-state index is 12.6. The highest BCUT2D eigenvalue weighted by molar-refractivity contribution is 5.96. The molecule has 0 unspecified atom stereocenters. The lowest BCUT2D eigenvalue weighted by atomic mass is 10.1. The number of carbonyl (C=O) groups is 1. The molecule has 0 radical (unpaired) electrons. The summed E-state index contributed by atoms with van der Waals surface area (Å²) in [6, 6.07) is 1.54. The average Bonchev–Trinajstić information content (AvgIpc) is 2.83. The van der Waals surface area contributed by atoms with Crippen LogP contribution in [0.4, 0.5) is 0 Å². The Morgan fingerprint density at radius 2 is 2.19 bits per heavy atom. The van der Waals surface area contributed by atoms with Crippen molar-refractivity contribution in [1.29, 1.82) is 0 Å². The zero-order valence-corrected chi connectivity index (χ0v) is 12.5. The van der Waals surface area contributed by atoms with E-state index in [1.165, 1.54) is 18.5 Å². The molecule has 112 valence electrons. The molecule has 21 heavy (non-hydrogen) atoms. The van der Waals surface area contributed by atoms with Crippen molar-refractivity contribution in [3.8, 4) is 5.75 Å². The third-order valence-corrected chi connectivity index (χ3v) is 3.03. The molecule has 6 heteroatoms. The number of hydrogen-bond acceptors (Lipinski definition) is 4. The molecule has 0 atom stereocenters. The Labute approximate surface area is 124 Å². The van der Waals surface area contributed by atoms with Crippen molar-refractivity contribution in [2.24, 2.45) is 13.0 Å². The molecule has 0 aliphatic rings. The average molecular weight is 288 g/mol. The van der Waals surface area contributed by atoms with E-state index >= 15 is 0 Å². The van der Waals surface area contributed by atoms with Gasteiger partial charge in [-0.15, -0.1) is 0 Å². The van der Waals surface area contributed by atoms with Crippen molar-refractivity contribution >= 4 is 5.91 Å². The number of carbonyl (C=O) groups excluding carboxylic acids is 1. The molecule has 0 fully saturated rings. The van der Waals surface area contributed by atoms with Crippen LogP contribution >= 0.6 is 0 Å². The van der Waals surface area contributed by atoms with Gasteiger partial charge in [0.15, 0.2) is 0 Å². The summed E-state index contributed by atoms with van der Waals surface area (Å²) in [5, 5.41) is 13.9. The Morgan fingerprint density at radius 3 is 2.76 bits per heavy atom. The highest BCUT2D eigenvalue weighted by Crippen LogP contribution is 2.18. The van der Waals surface area contributed by atoms with Crippen LogP contribution in [-0.4, -0.2) is 37.2 Å². The topological polar surface area (TPSA) is 71.2 Å². The quantitative estimate of drug-likeness (QED) is 0.911. The van der Waals surface area contributed by atoms with Gasteiger partial charge in [0.05, 0.1) is 18.0 Å². The van der Waals surface area contributed by atoms with E-state index in [9.17, 15) is 9.90 Å². The highest BCUT2D eigenvalue weighted by atomic mass is 16.3. The molecule has 1 N–H and O–H groups in total. The summed E-state index contributed by atoms with van der Waals surface area (Å²) in [4.78, 5) is 18.1. The second-order valence-corrected chi connectivity index (χ2v) is 5.49. The lowest BCUT2D eigenvalue weighted by Crippen LogP contribution is -2.33. The van der Waals surface area contributed by atoms with Gasteiger partial charge in [0.25, 0.3) is 5.91 Å². The standard InChI is InChI=1S/C15H20N4O2/c1-11(2)8-19(10-12-6-17-18(3)9-12)15(21)13-4-5-16-7-14(13)20/h4-7,9,11,20H,8,10H2,1-3H3. The molecular weight excluding hydrogens is 268 g/mol. The minimum absolute atomic E-state index is 0.0950. The van der Waals surface area contributed by atoms with E-state index in [1.54, 1.807) is 15.8 Å². The van der Waals surface area contributed by atoms with Crippen molar-refractivity contribution in [3.63, 3.8) is 0 Å². The first-order valence-corrected chi connectivity index (χ1v) is 6.87. The lowest BCUT2D eigenvalue weighted by molar-refractivity contribution is 0.0719. The predicted molar refractivity (Wildman–Crippen MR) is 78.7 cm³/mol. The van der Waals surface area contributed by atoms with Crippen molar-refractivity contribution < 1.29 is 9.90 Å². The summed E-state index contributed by atoms with van der Waals surface area (Å²) in [5.41, 5.74) is 1.23. The van der Waals surface area contributed by atoms with Crippen LogP contribution in [0.15, 0.2) is 30.9 Å². The number of amides is 1. The van der Waals surface area contributed by atoms with Crippen LogP contribution in [0.3, 0.4) is 0 Å². The van der Waals surface area contributed by atoms with E-state index in [4.69, 9.17) is 0 Å². The first kappa shape index (κ1) is 15.0. The van der Waals surface area contributed by atoms with Gasteiger partial charge in [-0.2, -0.15) is 5.10 Å². The largest absolute Gasteiger partial charge is 0.505 e. The summed E-state index contributed by atoms with van der Waals surface area (Å²) >= 11 is 0. The Bertz CT molecular complexity index is 622. The maximum absolute atomic E-state index is 12.6. The van der Waals surface area contributed by atoms with Crippen LogP contribution in [0.5, 0.6) is 5.75 Å². The van der Waals surface area contributed by atoms with Gasteiger partial charge in [0.1, 0.15) is 5.75 Å². The number of aromatic nitrogens is 3. The van der Waals surface area contributed by atoms with Crippen molar-refractivity contribution in [2.75, 3.05) is 6.54 Å². The van der Waals surface area contributed by atoms with Crippen LogP contribution in [-0.2, 0) is 13.6 Å². The zero-order chi connectivity index (χ0) is 15.4. The van der Waals surface area contributed by atoms with Crippen molar-refractivity contribution in [2.45, 2.75) is 20.4 Å². The van der Waals surface area contributed by atoms with E-state index < -0.39 is 0 Å². The third-order valence-electron chi connectivity index (χ3n) is 3.03. The highest BCUT2D eigenvalue weighted by Gasteiger charge is 2.20. The monoisotopic (exact) mass is 288 g/mol. The van der Waals surface area contributed by atoms with Crippen LogP contribution in [0.1, 0.15) is 29.8 Å². The number of hydrogen-bond donors (Lipinski definition) is 1. The number of aryl methyl sites for hydroxylation is 1. The van der Waals surface area contributed by atoms with Crippen LogP contribution < -0.4 is 0 Å². The summed E-state index contributed by atoms with van der Waals surface area (Å²) in [6.45, 7) is 5.17. The lowest BCUT2D eigenvalue weighted by Gasteiger charge is -2.24. The molecule has 0 spiro atoms. The zero-order valence-electron chi connectivity index (χ0n) is 12.5. The molecule has 2 aromatic rings. The van der Waals surface area contributed by atoms with E-state index in [0.29, 0.717) is 19.0 Å². The first-order chi connectivity index (χ1) is 9.97. The molecule has 1 amide bonds. The van der Waals surface area contributed by atoms with Crippen molar-refractivity contribution in [1.82, 2.24) is 19.7 Å². The number of pyridine rings is 1. The summed E-state index contributed by atoms with van der Waals surface area (Å²) < 4.78 is 1.71. The predicted octanol–water partition coefficient (Wildman–Crippen LogP) is 1.82. The Kier molecular flexibility index (Phi) is 4.57. The second-order valence-electron chi connectivity index (χ2n) is 5.49. The molecule has 2 aromatic heterocycles. The Hall–Kier alpha value is -2.37. The minimum atomic E-state index is -0.201. The molecule has 0 saturated carbocycles. The fourth-order valence-corrected chi connectivity index (χ4v) is 2.17. The van der Waals surface area contributed by atoms with E-state index in [2.05, 4.69) is 23.9 Å². The molecule has 0 bridgehead atoms. The van der Waals surface area contributed by atoms with Crippen LogP contribution in [0.25, 0.3) is 0 Å². The molecule has 6 nitrogen and oxygen atoms in total. The van der Waals surface area contributed by atoms with E-state index in [1.807, 2.05) is 13.2 Å². The molecular formula is C15H20N4O2. The molecule has 0 saturated heterocycles. The van der Waals surface area contributed by atoms with Gasteiger partial charge in [-0.3, -0.25) is 14.5 Å². The SMILES string of the molecule is CC(C)CN(Cc1cnn(C)c1)C(=O)c1ccncc1O.